The number of ether oxygens (including phenoxy) is 1. The highest BCUT2D eigenvalue weighted by molar-refractivity contribution is 7.99. The average molecular weight is 547 g/mol. The van der Waals surface area contributed by atoms with Crippen molar-refractivity contribution in [2.24, 2.45) is 0 Å². The number of halogens is 3. The molecule has 0 aliphatic carbocycles. The molecule has 0 amide bonds. The second-order valence-electron chi connectivity index (χ2n) is 9.14. The predicted molar refractivity (Wildman–Crippen MR) is 145 cm³/mol. The molecule has 1 aromatic heterocycles. The van der Waals surface area contributed by atoms with E-state index in [9.17, 15) is 13.2 Å². The summed E-state index contributed by atoms with van der Waals surface area (Å²) < 4.78 is 44.6. The molecule has 0 saturated carbocycles. The smallest absolute Gasteiger partial charge is 0.416 e. The van der Waals surface area contributed by atoms with Crippen LogP contribution in [-0.4, -0.2) is 64.9 Å². The number of anilines is 2. The van der Waals surface area contributed by atoms with Gasteiger partial charge >= 0.3 is 6.18 Å². The molecule has 11 heteroatoms. The quantitative estimate of drug-likeness (QED) is 0.283. The molecule has 38 heavy (non-hydrogen) atoms. The summed E-state index contributed by atoms with van der Waals surface area (Å²) in [4.78, 5) is 13.5. The van der Waals surface area contributed by atoms with Crippen molar-refractivity contribution in [1.29, 1.82) is 0 Å². The number of benzene rings is 2. The molecule has 204 valence electrons. The number of nitrogen functional groups attached to an aromatic ring is 2. The average Bonchev–Trinajstić information content (AvgIpc) is 2.88. The molecule has 0 bridgehead atoms. The van der Waals surface area contributed by atoms with Gasteiger partial charge in [-0.15, -0.1) is 0 Å². The Balaban J connectivity index is 1.25. The van der Waals surface area contributed by atoms with Gasteiger partial charge in [0, 0.05) is 57.0 Å². The maximum absolute atomic E-state index is 13.0. The number of nitrogens with zero attached hydrogens (tertiary/aromatic N) is 4. The fourth-order valence-corrected chi connectivity index (χ4v) is 5.28. The van der Waals surface area contributed by atoms with Crippen molar-refractivity contribution in [3.8, 4) is 5.75 Å². The van der Waals surface area contributed by atoms with Crippen molar-refractivity contribution >= 4 is 23.4 Å². The third-order valence-corrected chi connectivity index (χ3v) is 7.28. The van der Waals surface area contributed by atoms with Crippen LogP contribution >= 0.6 is 11.8 Å². The van der Waals surface area contributed by atoms with Gasteiger partial charge in [0.05, 0.1) is 12.2 Å². The van der Waals surface area contributed by atoms with E-state index in [0.29, 0.717) is 47.5 Å². The zero-order chi connectivity index (χ0) is 27.1. The van der Waals surface area contributed by atoms with Crippen LogP contribution in [0.2, 0.25) is 0 Å². The Morgan fingerprint density at radius 3 is 2.32 bits per heavy atom. The lowest BCUT2D eigenvalue weighted by Gasteiger charge is -2.34. The van der Waals surface area contributed by atoms with Gasteiger partial charge in [0.15, 0.2) is 5.16 Å². The molecule has 2 aromatic carbocycles. The van der Waals surface area contributed by atoms with Crippen molar-refractivity contribution < 1.29 is 17.9 Å². The first-order valence-corrected chi connectivity index (χ1v) is 13.6. The number of hydrogen-bond donors (Lipinski definition) is 2. The Morgan fingerprint density at radius 2 is 1.63 bits per heavy atom. The predicted octanol–water partition coefficient (Wildman–Crippen LogP) is 4.56. The number of nitrogens with two attached hydrogens (primary N) is 2. The summed E-state index contributed by atoms with van der Waals surface area (Å²) in [7, 11) is 0. The summed E-state index contributed by atoms with van der Waals surface area (Å²) in [5.41, 5.74) is 14.3. The monoisotopic (exact) mass is 546 g/mol. The molecule has 2 heterocycles. The lowest BCUT2D eigenvalue weighted by Crippen LogP contribution is -2.46. The molecule has 7 nitrogen and oxygen atoms in total. The second-order valence-corrected chi connectivity index (χ2v) is 10.2. The Bertz CT molecular complexity index is 1190. The molecule has 1 aliphatic rings. The molecule has 3 aromatic rings. The van der Waals surface area contributed by atoms with E-state index in [1.807, 2.05) is 31.2 Å². The van der Waals surface area contributed by atoms with E-state index in [4.69, 9.17) is 16.2 Å². The van der Waals surface area contributed by atoms with E-state index >= 15 is 0 Å². The molecule has 1 aliphatic heterocycles. The minimum Gasteiger partial charge on any atom is -0.494 e. The Hall–Kier alpha value is -3.02. The van der Waals surface area contributed by atoms with E-state index in [0.717, 1.165) is 55.9 Å². The number of rotatable bonds is 10. The van der Waals surface area contributed by atoms with E-state index in [2.05, 4.69) is 19.8 Å². The van der Waals surface area contributed by atoms with Crippen molar-refractivity contribution in [3.63, 3.8) is 0 Å². The van der Waals surface area contributed by atoms with Crippen LogP contribution in [0.4, 0.5) is 24.8 Å². The van der Waals surface area contributed by atoms with Gasteiger partial charge in [0.1, 0.15) is 17.4 Å². The van der Waals surface area contributed by atoms with E-state index in [-0.39, 0.29) is 0 Å². The van der Waals surface area contributed by atoms with Crippen LogP contribution in [0.3, 0.4) is 0 Å². The second kappa shape index (κ2) is 12.7. The van der Waals surface area contributed by atoms with Crippen molar-refractivity contribution in [2.75, 3.05) is 56.6 Å². The first kappa shape index (κ1) is 28.0. The SMILES string of the molecule is CCOc1ccccc1Cc1c(N)nc(SCCN2CCN(Cc3cccc(C(F)(F)F)c3)CC2)nc1N. The highest BCUT2D eigenvalue weighted by atomic mass is 32.2. The van der Waals surface area contributed by atoms with Crippen LogP contribution in [0, 0.1) is 0 Å². The standard InChI is InChI=1S/C27H33F3N6OS/c1-2-37-23-9-4-3-7-20(23)17-22-24(31)33-26(34-25(22)32)38-15-14-35-10-12-36(13-11-35)18-19-6-5-8-21(16-19)27(28,29)30/h3-9,16H,2,10-15,17-18H2,1H3,(H4,31,32,33,34). The fraction of sp³-hybridized carbons (Fsp3) is 0.407. The van der Waals surface area contributed by atoms with Crippen molar-refractivity contribution in [3.05, 3.63) is 70.8 Å². The van der Waals surface area contributed by atoms with Gasteiger partial charge in [-0.2, -0.15) is 13.2 Å². The number of hydrogen-bond acceptors (Lipinski definition) is 8. The zero-order valence-corrected chi connectivity index (χ0v) is 22.2. The van der Waals surface area contributed by atoms with Gasteiger partial charge < -0.3 is 16.2 Å². The van der Waals surface area contributed by atoms with Crippen LogP contribution in [0.15, 0.2) is 53.7 Å². The third-order valence-electron chi connectivity index (χ3n) is 6.45. The summed E-state index contributed by atoms with van der Waals surface area (Å²) in [6.45, 7) is 7.17. The molecule has 4 N–H and O–H groups in total. The van der Waals surface area contributed by atoms with Crippen LogP contribution in [0.5, 0.6) is 5.75 Å². The normalized spacial score (nSPS) is 15.1. The Morgan fingerprint density at radius 1 is 0.947 bits per heavy atom. The van der Waals surface area contributed by atoms with Crippen LogP contribution in [0.25, 0.3) is 0 Å². The molecule has 1 saturated heterocycles. The van der Waals surface area contributed by atoms with Crippen LogP contribution < -0.4 is 16.2 Å². The lowest BCUT2D eigenvalue weighted by atomic mass is 10.1. The van der Waals surface area contributed by atoms with Crippen LogP contribution in [0.1, 0.15) is 29.2 Å². The van der Waals surface area contributed by atoms with Gasteiger partial charge in [0.2, 0.25) is 0 Å². The van der Waals surface area contributed by atoms with Crippen molar-refractivity contribution in [1.82, 2.24) is 19.8 Å². The number of thioether (sulfide) groups is 1. The van der Waals surface area contributed by atoms with Gasteiger partial charge in [-0.05, 0) is 30.2 Å². The molecule has 4 rings (SSSR count). The maximum atomic E-state index is 13.0. The summed E-state index contributed by atoms with van der Waals surface area (Å²) in [5.74, 6) is 2.31. The highest BCUT2D eigenvalue weighted by Crippen LogP contribution is 2.30. The number of para-hydroxylation sites is 1. The topological polar surface area (TPSA) is 93.5 Å². The largest absolute Gasteiger partial charge is 0.494 e. The zero-order valence-electron chi connectivity index (χ0n) is 21.4. The maximum Gasteiger partial charge on any atom is 0.416 e. The Labute approximate surface area is 225 Å². The minimum atomic E-state index is -4.32. The van der Waals surface area contributed by atoms with E-state index in [1.54, 1.807) is 6.07 Å². The summed E-state index contributed by atoms with van der Waals surface area (Å²) in [6.07, 6.45) is -3.83. The van der Waals surface area contributed by atoms with Crippen molar-refractivity contribution in [2.45, 2.75) is 31.2 Å². The first-order valence-electron chi connectivity index (χ1n) is 12.6. The summed E-state index contributed by atoms with van der Waals surface area (Å²) in [5, 5.41) is 0.546. The molecule has 0 unspecified atom stereocenters. The molecule has 1 fully saturated rings. The molecular formula is C27H33F3N6OS. The van der Waals surface area contributed by atoms with Crippen LogP contribution in [-0.2, 0) is 19.1 Å². The summed E-state index contributed by atoms with van der Waals surface area (Å²) >= 11 is 1.51. The van der Waals surface area contributed by atoms with Gasteiger partial charge in [-0.25, -0.2) is 9.97 Å². The van der Waals surface area contributed by atoms with Gasteiger partial charge in [-0.3, -0.25) is 9.80 Å². The molecular weight excluding hydrogens is 513 g/mol. The Kier molecular flexibility index (Phi) is 9.35. The van der Waals surface area contributed by atoms with Gasteiger partial charge in [-0.1, -0.05) is 48.2 Å². The number of alkyl halides is 3. The fourth-order valence-electron chi connectivity index (χ4n) is 4.42. The molecule has 0 spiro atoms. The number of piperazine rings is 1. The third kappa shape index (κ3) is 7.52. The molecule has 0 atom stereocenters. The number of aromatic nitrogens is 2. The highest BCUT2D eigenvalue weighted by Gasteiger charge is 2.30. The first-order chi connectivity index (χ1) is 18.2. The van der Waals surface area contributed by atoms with Gasteiger partial charge in [0.25, 0.3) is 0 Å². The van der Waals surface area contributed by atoms with E-state index in [1.165, 1.54) is 23.9 Å². The van der Waals surface area contributed by atoms with E-state index < -0.39 is 11.7 Å². The lowest BCUT2D eigenvalue weighted by molar-refractivity contribution is -0.137. The minimum absolute atomic E-state index is 0.370. The summed E-state index contributed by atoms with van der Waals surface area (Å²) in [6, 6.07) is 13.3. The molecule has 0 radical (unpaired) electrons.